The van der Waals surface area contributed by atoms with Crippen molar-refractivity contribution < 1.29 is 32.3 Å². The summed E-state index contributed by atoms with van der Waals surface area (Å²) in [6.45, 7) is 3.53. The number of nitrogens with zero attached hydrogens (tertiary/aromatic N) is 3. The van der Waals surface area contributed by atoms with Gasteiger partial charge in [-0.1, -0.05) is 42.0 Å². The molecule has 1 aromatic heterocycles. The van der Waals surface area contributed by atoms with Gasteiger partial charge in [0, 0.05) is 5.56 Å². The SMILES string of the molecule is Cc1ccc(C(=O)C2C(=O)C(=O)N(c3ccc(C)nn3)C2c2ccc(OC(F)(F)F)cc2)cc1. The smallest absolute Gasteiger partial charge is 0.406 e. The second-order valence-corrected chi connectivity index (χ2v) is 7.84. The van der Waals surface area contributed by atoms with Gasteiger partial charge >= 0.3 is 6.36 Å². The predicted octanol–water partition coefficient (Wildman–Crippen LogP) is 4.15. The van der Waals surface area contributed by atoms with Crippen molar-refractivity contribution in [1.82, 2.24) is 10.2 Å². The molecule has 1 fully saturated rings. The van der Waals surface area contributed by atoms with Crippen molar-refractivity contribution in [3.8, 4) is 5.75 Å². The third-order valence-corrected chi connectivity index (χ3v) is 5.41. The van der Waals surface area contributed by atoms with Crippen LogP contribution >= 0.6 is 0 Å². The van der Waals surface area contributed by atoms with Gasteiger partial charge in [-0.3, -0.25) is 19.3 Å². The lowest BCUT2D eigenvalue weighted by atomic mass is 9.86. The Morgan fingerprint density at radius 1 is 0.912 bits per heavy atom. The number of aromatic nitrogens is 2. The molecule has 0 aliphatic carbocycles. The van der Waals surface area contributed by atoms with Crippen LogP contribution in [-0.4, -0.2) is 34.0 Å². The lowest BCUT2D eigenvalue weighted by molar-refractivity contribution is -0.274. The highest BCUT2D eigenvalue weighted by molar-refractivity contribution is 6.48. The summed E-state index contributed by atoms with van der Waals surface area (Å²) in [6.07, 6.45) is -4.88. The van der Waals surface area contributed by atoms with Gasteiger partial charge in [-0.15, -0.1) is 18.3 Å². The Labute approximate surface area is 192 Å². The molecule has 2 atom stereocenters. The van der Waals surface area contributed by atoms with Crippen LogP contribution in [-0.2, 0) is 9.59 Å². The molecule has 0 bridgehead atoms. The molecule has 10 heteroatoms. The van der Waals surface area contributed by atoms with Crippen molar-refractivity contribution in [2.24, 2.45) is 5.92 Å². The van der Waals surface area contributed by atoms with E-state index in [0.717, 1.165) is 22.6 Å². The molecule has 2 heterocycles. The highest BCUT2D eigenvalue weighted by Crippen LogP contribution is 2.41. The molecule has 0 spiro atoms. The first-order chi connectivity index (χ1) is 16.0. The Morgan fingerprint density at radius 2 is 1.56 bits per heavy atom. The summed E-state index contributed by atoms with van der Waals surface area (Å²) in [4.78, 5) is 40.5. The fraction of sp³-hybridized carbons (Fsp3) is 0.208. The molecule has 4 rings (SSSR count). The van der Waals surface area contributed by atoms with Crippen LogP contribution in [0, 0.1) is 19.8 Å². The number of hydrogen-bond acceptors (Lipinski definition) is 6. The number of carbonyl (C=O) groups excluding carboxylic acids is 3. The Hall–Kier alpha value is -4.08. The highest BCUT2D eigenvalue weighted by atomic mass is 19.4. The summed E-state index contributed by atoms with van der Waals surface area (Å²) in [5, 5.41) is 7.90. The molecule has 1 aliphatic heterocycles. The number of rotatable bonds is 5. The Morgan fingerprint density at radius 3 is 2.12 bits per heavy atom. The minimum Gasteiger partial charge on any atom is -0.406 e. The number of anilines is 1. The molecule has 1 amide bonds. The van der Waals surface area contributed by atoms with Gasteiger partial charge in [0.1, 0.15) is 11.7 Å². The number of benzene rings is 2. The van der Waals surface area contributed by atoms with E-state index in [0.29, 0.717) is 5.69 Å². The summed E-state index contributed by atoms with van der Waals surface area (Å²) < 4.78 is 41.6. The fourth-order valence-electron chi connectivity index (χ4n) is 3.81. The average molecular weight is 469 g/mol. The summed E-state index contributed by atoms with van der Waals surface area (Å²) in [5.74, 6) is -4.33. The Kier molecular flexibility index (Phi) is 5.90. The fourth-order valence-corrected chi connectivity index (χ4v) is 3.81. The number of Topliss-reactive ketones (excluding diaryl/α,β-unsaturated/α-hetero) is 2. The minimum absolute atomic E-state index is 0.0452. The van der Waals surface area contributed by atoms with Gasteiger partial charge in [-0.05, 0) is 43.7 Å². The summed E-state index contributed by atoms with van der Waals surface area (Å²) >= 11 is 0. The van der Waals surface area contributed by atoms with Crippen LogP contribution in [0.5, 0.6) is 5.75 Å². The molecule has 1 aliphatic rings. The van der Waals surface area contributed by atoms with E-state index < -0.39 is 41.5 Å². The van der Waals surface area contributed by atoms with Gasteiger partial charge in [0.05, 0.1) is 11.7 Å². The van der Waals surface area contributed by atoms with Gasteiger partial charge in [0.15, 0.2) is 11.6 Å². The highest BCUT2D eigenvalue weighted by Gasteiger charge is 2.53. The van der Waals surface area contributed by atoms with Gasteiger partial charge in [0.2, 0.25) is 5.78 Å². The van der Waals surface area contributed by atoms with E-state index in [9.17, 15) is 27.6 Å². The van der Waals surface area contributed by atoms with Gasteiger partial charge in [-0.25, -0.2) is 0 Å². The number of halogens is 3. The third-order valence-electron chi connectivity index (χ3n) is 5.41. The van der Waals surface area contributed by atoms with Crippen LogP contribution in [0.15, 0.2) is 60.7 Å². The molecule has 7 nitrogen and oxygen atoms in total. The van der Waals surface area contributed by atoms with Crippen LogP contribution in [0.25, 0.3) is 0 Å². The maximum atomic E-state index is 13.4. The van der Waals surface area contributed by atoms with E-state index in [1.165, 1.54) is 18.2 Å². The van der Waals surface area contributed by atoms with Crippen LogP contribution < -0.4 is 9.64 Å². The van der Waals surface area contributed by atoms with E-state index in [2.05, 4.69) is 14.9 Å². The quantitative estimate of drug-likeness (QED) is 0.317. The number of aryl methyl sites for hydroxylation is 2. The lowest BCUT2D eigenvalue weighted by Crippen LogP contribution is -2.31. The molecule has 1 saturated heterocycles. The first-order valence-corrected chi connectivity index (χ1v) is 10.2. The van der Waals surface area contributed by atoms with Crippen LogP contribution in [0.2, 0.25) is 0 Å². The van der Waals surface area contributed by atoms with Crippen LogP contribution in [0.1, 0.15) is 33.2 Å². The van der Waals surface area contributed by atoms with Crippen molar-refractivity contribution in [3.05, 3.63) is 83.0 Å². The molecule has 0 saturated carbocycles. The second kappa shape index (κ2) is 8.69. The molecule has 2 aromatic carbocycles. The number of hydrogen-bond donors (Lipinski definition) is 0. The summed E-state index contributed by atoms with van der Waals surface area (Å²) in [7, 11) is 0. The number of ether oxygens (including phenoxy) is 1. The van der Waals surface area contributed by atoms with E-state index in [1.807, 2.05) is 6.92 Å². The molecule has 2 unspecified atom stereocenters. The molecule has 174 valence electrons. The minimum atomic E-state index is -4.88. The summed E-state index contributed by atoms with van der Waals surface area (Å²) in [5.41, 5.74) is 1.97. The maximum Gasteiger partial charge on any atom is 0.573 e. The average Bonchev–Trinajstić information content (AvgIpc) is 3.04. The maximum absolute atomic E-state index is 13.4. The van der Waals surface area contributed by atoms with Crippen molar-refractivity contribution in [3.63, 3.8) is 0 Å². The first-order valence-electron chi connectivity index (χ1n) is 10.2. The monoisotopic (exact) mass is 469 g/mol. The van der Waals surface area contributed by atoms with E-state index in [-0.39, 0.29) is 16.9 Å². The molecular formula is C24H18F3N3O4. The largest absolute Gasteiger partial charge is 0.573 e. The Bertz CT molecular complexity index is 1240. The number of amides is 1. The summed E-state index contributed by atoms with van der Waals surface area (Å²) in [6, 6.07) is 13.1. The first kappa shape index (κ1) is 23.1. The molecular weight excluding hydrogens is 451 g/mol. The third kappa shape index (κ3) is 4.52. The van der Waals surface area contributed by atoms with Crippen molar-refractivity contribution >= 4 is 23.3 Å². The van der Waals surface area contributed by atoms with Gasteiger partial charge in [0.25, 0.3) is 5.91 Å². The van der Waals surface area contributed by atoms with Crippen LogP contribution in [0.3, 0.4) is 0 Å². The standard InChI is InChI=1S/C24H18F3N3O4/c1-13-3-6-16(7-4-13)21(31)19-20(15-8-10-17(11-9-15)34-24(25,26)27)30(23(33)22(19)32)18-12-5-14(2)28-29-18/h3-12,19-20H,1-2H3. The van der Waals surface area contributed by atoms with Gasteiger partial charge < -0.3 is 4.74 Å². The molecule has 3 aromatic rings. The van der Waals surface area contributed by atoms with Crippen molar-refractivity contribution in [1.29, 1.82) is 0 Å². The predicted molar refractivity (Wildman–Crippen MR) is 114 cm³/mol. The number of alkyl halides is 3. The zero-order valence-corrected chi connectivity index (χ0v) is 18.0. The van der Waals surface area contributed by atoms with E-state index >= 15 is 0 Å². The lowest BCUT2D eigenvalue weighted by Gasteiger charge is -2.26. The van der Waals surface area contributed by atoms with Gasteiger partial charge in [-0.2, -0.15) is 5.10 Å². The van der Waals surface area contributed by atoms with E-state index in [1.54, 1.807) is 37.3 Å². The number of ketones is 2. The van der Waals surface area contributed by atoms with Crippen LogP contribution in [0.4, 0.5) is 19.0 Å². The normalized spacial score (nSPS) is 18.3. The molecule has 0 N–H and O–H groups in total. The molecule has 0 radical (unpaired) electrons. The number of carbonyl (C=O) groups is 3. The molecule has 34 heavy (non-hydrogen) atoms. The van der Waals surface area contributed by atoms with Crippen molar-refractivity contribution in [2.45, 2.75) is 26.3 Å². The Balaban J connectivity index is 1.80. The van der Waals surface area contributed by atoms with E-state index in [4.69, 9.17) is 0 Å². The zero-order valence-electron chi connectivity index (χ0n) is 18.0. The van der Waals surface area contributed by atoms with Crippen molar-refractivity contribution in [2.75, 3.05) is 4.90 Å². The zero-order chi connectivity index (χ0) is 24.6. The second-order valence-electron chi connectivity index (χ2n) is 7.84. The topological polar surface area (TPSA) is 89.5 Å².